The van der Waals surface area contributed by atoms with Crippen LogP contribution in [0.2, 0.25) is 0 Å². The number of unbranched alkanes of at least 4 members (excludes halogenated alkanes) is 5. The van der Waals surface area contributed by atoms with E-state index in [4.69, 9.17) is 15.3 Å². The molecule has 2 aromatic rings. The molecule has 0 nitrogen and oxygen atoms in total. The molecule has 1 aliphatic carbocycles. The summed E-state index contributed by atoms with van der Waals surface area (Å²) in [6.45, 7) is 2.26. The van der Waals surface area contributed by atoms with Gasteiger partial charge in [-0.2, -0.15) is 0 Å². The molecule has 0 saturated heterocycles. The van der Waals surface area contributed by atoms with E-state index in [-0.39, 0.29) is 5.41 Å². The quantitative estimate of drug-likeness (QED) is 0.428. The molecule has 2 aromatic carbocycles. The summed E-state index contributed by atoms with van der Waals surface area (Å²) in [7, 11) is 12.4. The second-order valence-corrected chi connectivity index (χ2v) is 8.07. The van der Waals surface area contributed by atoms with Crippen molar-refractivity contribution in [2.24, 2.45) is 0 Å². The molecule has 1 unspecified atom stereocenters. The Morgan fingerprint density at radius 3 is 2.28 bits per heavy atom. The maximum absolute atomic E-state index is 6.28. The summed E-state index contributed by atoms with van der Waals surface area (Å²) in [4.78, 5) is 0. The molecule has 3 radical (unpaired) electrons. The zero-order valence-corrected chi connectivity index (χ0v) is 16.6. The van der Waals surface area contributed by atoms with Crippen molar-refractivity contribution in [2.75, 3.05) is 0 Å². The minimum atomic E-state index is -0.228. The van der Waals surface area contributed by atoms with Gasteiger partial charge in [0, 0.05) is 0 Å². The van der Waals surface area contributed by atoms with Crippen molar-refractivity contribution >= 4 is 42.7 Å². The first-order valence-electron chi connectivity index (χ1n) is 9.39. The summed E-state index contributed by atoms with van der Waals surface area (Å²) >= 11 is 3.64. The van der Waals surface area contributed by atoms with Gasteiger partial charge < -0.3 is 0 Å². The molecule has 0 N–H and O–H groups in total. The van der Waals surface area contributed by atoms with Gasteiger partial charge in [-0.3, -0.25) is 0 Å². The third-order valence-electron chi connectivity index (χ3n) is 5.49. The first-order chi connectivity index (χ1) is 12.1. The van der Waals surface area contributed by atoms with E-state index in [1.54, 1.807) is 0 Å². The Morgan fingerprint density at radius 1 is 0.920 bits per heavy atom. The van der Waals surface area contributed by atoms with Gasteiger partial charge in [0.2, 0.25) is 0 Å². The van der Waals surface area contributed by atoms with E-state index < -0.39 is 0 Å². The SMILES string of the molecule is [B]c1ccc2c(c1)C(C=[B])(CCCCCCCC)c1cc(Br)ccc1-2. The van der Waals surface area contributed by atoms with E-state index in [0.717, 1.165) is 16.4 Å². The number of fused-ring (bicyclic) bond motifs is 3. The van der Waals surface area contributed by atoms with Crippen molar-refractivity contribution < 1.29 is 0 Å². The van der Waals surface area contributed by atoms with Crippen molar-refractivity contribution in [1.29, 1.82) is 0 Å². The average molecular weight is 390 g/mol. The Labute approximate surface area is 163 Å². The first kappa shape index (κ1) is 18.7. The molecule has 0 fully saturated rings. The zero-order chi connectivity index (χ0) is 17.9. The van der Waals surface area contributed by atoms with Crippen LogP contribution in [0.1, 0.15) is 63.0 Å². The molecule has 3 heteroatoms. The van der Waals surface area contributed by atoms with Gasteiger partial charge in [0.25, 0.3) is 0 Å². The van der Waals surface area contributed by atoms with Crippen molar-refractivity contribution in [1.82, 2.24) is 0 Å². The third kappa shape index (κ3) is 3.58. The van der Waals surface area contributed by atoms with Gasteiger partial charge >= 0.3 is 163 Å². The second-order valence-electron chi connectivity index (χ2n) is 7.15. The van der Waals surface area contributed by atoms with Gasteiger partial charge in [0.15, 0.2) is 0 Å². The topological polar surface area (TPSA) is 0 Å². The third-order valence-corrected chi connectivity index (χ3v) is 5.98. The predicted octanol–water partition coefficient (Wildman–Crippen LogP) is 5.23. The molecule has 0 aromatic heterocycles. The molecule has 1 aliphatic rings. The number of hydrogen-bond acceptors (Lipinski definition) is 0. The fourth-order valence-electron chi connectivity index (χ4n) is 4.15. The molecule has 0 bridgehead atoms. The molecule has 0 spiro atoms. The van der Waals surface area contributed by atoms with Crippen LogP contribution in [-0.4, -0.2) is 21.3 Å². The first-order valence-corrected chi connectivity index (χ1v) is 10.2. The molecule has 0 amide bonds. The predicted molar refractivity (Wildman–Crippen MR) is 116 cm³/mol. The standard InChI is InChI=1S/C22H24B2Br/c1-2-3-4-5-6-7-12-22(15-23)20-13-16(24)8-10-18(20)19-11-9-17(25)14-21(19)22/h8-11,13-15H,2-7,12H2,1H3. The average Bonchev–Trinajstić information content (AvgIpc) is 2.87. The second kappa shape index (κ2) is 8.08. The van der Waals surface area contributed by atoms with Crippen LogP contribution < -0.4 is 5.46 Å². The number of benzene rings is 2. The molecular formula is C22H24B2Br. The maximum atomic E-state index is 6.28. The molecule has 0 heterocycles. The zero-order valence-electron chi connectivity index (χ0n) is 15.0. The van der Waals surface area contributed by atoms with Gasteiger partial charge in [-0.15, -0.1) is 0 Å². The van der Waals surface area contributed by atoms with E-state index in [0.29, 0.717) is 0 Å². The van der Waals surface area contributed by atoms with Gasteiger partial charge in [-0.1, -0.05) is 0 Å². The number of hydrogen-bond donors (Lipinski definition) is 0. The van der Waals surface area contributed by atoms with Crippen molar-refractivity contribution in [3.8, 4) is 11.1 Å². The van der Waals surface area contributed by atoms with Crippen LogP contribution in [0.25, 0.3) is 11.1 Å². The van der Waals surface area contributed by atoms with Gasteiger partial charge in [-0.25, -0.2) is 0 Å². The number of halogens is 1. The summed E-state index contributed by atoms with van der Waals surface area (Å²) in [5.41, 5.74) is 5.69. The molecule has 25 heavy (non-hydrogen) atoms. The summed E-state index contributed by atoms with van der Waals surface area (Å²) in [5.74, 6) is 1.90. The minimum absolute atomic E-state index is 0.228. The van der Waals surface area contributed by atoms with Crippen molar-refractivity contribution in [3.05, 3.63) is 52.0 Å². The molecule has 0 saturated carbocycles. The summed E-state index contributed by atoms with van der Waals surface area (Å²) < 4.78 is 1.10. The summed E-state index contributed by atoms with van der Waals surface area (Å²) in [6, 6.07) is 12.8. The van der Waals surface area contributed by atoms with Crippen LogP contribution in [0.5, 0.6) is 0 Å². The van der Waals surface area contributed by atoms with Gasteiger partial charge in [0.1, 0.15) is 0 Å². The Hall–Kier alpha value is -1.08. The van der Waals surface area contributed by atoms with Crippen LogP contribution in [0, 0.1) is 0 Å². The van der Waals surface area contributed by atoms with Crippen LogP contribution >= 0.6 is 15.9 Å². The van der Waals surface area contributed by atoms with Crippen LogP contribution in [0.15, 0.2) is 40.9 Å². The van der Waals surface area contributed by atoms with Crippen molar-refractivity contribution in [2.45, 2.75) is 57.3 Å². The number of rotatable bonds is 8. The fraction of sp³-hybridized carbons (Fsp3) is 0.409. The molecular weight excluding hydrogens is 366 g/mol. The fourth-order valence-corrected chi connectivity index (χ4v) is 4.51. The van der Waals surface area contributed by atoms with E-state index in [9.17, 15) is 0 Å². The van der Waals surface area contributed by atoms with E-state index >= 15 is 0 Å². The van der Waals surface area contributed by atoms with Gasteiger partial charge in [0.05, 0.1) is 0 Å². The Morgan fingerprint density at radius 2 is 1.56 bits per heavy atom. The normalized spacial score (nSPS) is 18.0. The monoisotopic (exact) mass is 389 g/mol. The van der Waals surface area contributed by atoms with Crippen LogP contribution in [-0.2, 0) is 5.41 Å². The Kier molecular flexibility index (Phi) is 6.04. The molecule has 1 atom stereocenters. The Balaban J connectivity index is 1.93. The molecule has 0 aliphatic heterocycles. The summed E-state index contributed by atoms with van der Waals surface area (Å²) in [5, 5.41) is 0. The summed E-state index contributed by atoms with van der Waals surface area (Å²) in [6.07, 6.45) is 8.74. The van der Waals surface area contributed by atoms with E-state index in [2.05, 4.69) is 53.2 Å². The molecule has 3 rings (SSSR count). The van der Waals surface area contributed by atoms with Crippen LogP contribution in [0.4, 0.5) is 0 Å². The van der Waals surface area contributed by atoms with Gasteiger partial charge in [-0.05, 0) is 0 Å². The molecule has 125 valence electrons. The van der Waals surface area contributed by atoms with Crippen LogP contribution in [0.3, 0.4) is 0 Å². The van der Waals surface area contributed by atoms with Crippen molar-refractivity contribution in [3.63, 3.8) is 0 Å². The van der Waals surface area contributed by atoms with E-state index in [1.807, 2.05) is 12.0 Å². The van der Waals surface area contributed by atoms with E-state index in [1.165, 1.54) is 60.8 Å². The Bertz CT molecular complexity index is 715.